The number of hydrogen-bond acceptors (Lipinski definition) is 4. The molecule has 1 amide bonds. The van der Waals surface area contributed by atoms with Crippen LogP contribution in [0.1, 0.15) is 20.6 Å². The topological polar surface area (TPSA) is 38.8 Å². The van der Waals surface area contributed by atoms with E-state index in [2.05, 4.69) is 10.3 Å². The highest BCUT2D eigenvalue weighted by molar-refractivity contribution is 6.31. The molecule has 5 nitrogen and oxygen atoms in total. The van der Waals surface area contributed by atoms with E-state index in [0.717, 1.165) is 38.0 Å². The van der Waals surface area contributed by atoms with Crippen molar-refractivity contribution in [2.75, 3.05) is 31.6 Å². The van der Waals surface area contributed by atoms with Crippen LogP contribution in [0, 0.1) is 11.7 Å². The zero-order chi connectivity index (χ0) is 18.3. The molecule has 5 rings (SSSR count). The summed E-state index contributed by atoms with van der Waals surface area (Å²) in [5, 5.41) is 2.10. The summed E-state index contributed by atoms with van der Waals surface area (Å²) in [5.74, 6) is -1.35. The third kappa shape index (κ3) is 2.31. The average molecular weight is 366 g/mol. The van der Waals surface area contributed by atoms with Crippen molar-refractivity contribution < 1.29 is 10.6 Å². The van der Waals surface area contributed by atoms with E-state index in [1.54, 1.807) is 12.1 Å². The van der Waals surface area contributed by atoms with Crippen molar-refractivity contribution in [3.8, 4) is 0 Å². The van der Waals surface area contributed by atoms with Gasteiger partial charge >= 0.3 is 0 Å². The minimum atomic E-state index is -0.943. The maximum Gasteiger partial charge on any atom is 0.242 e. The third-order valence-electron chi connectivity index (χ3n) is 6.33. The summed E-state index contributed by atoms with van der Waals surface area (Å²) >= 11 is 5.94. The lowest BCUT2D eigenvalue weighted by atomic mass is 9.86. The Hall–Kier alpha value is -1.37. The maximum absolute atomic E-state index is 13.5. The number of piperidine rings is 1. The van der Waals surface area contributed by atoms with Gasteiger partial charge < -0.3 is 9.80 Å². The lowest BCUT2D eigenvalue weighted by Gasteiger charge is -2.43. The molecule has 0 bridgehead atoms. The van der Waals surface area contributed by atoms with Crippen LogP contribution in [0.15, 0.2) is 18.2 Å². The van der Waals surface area contributed by atoms with Gasteiger partial charge in [-0.1, -0.05) is 11.6 Å². The molecule has 1 aromatic carbocycles. The first-order valence-electron chi connectivity index (χ1n) is 9.35. The lowest BCUT2D eigenvalue weighted by molar-refractivity contribution is -0.146. The fourth-order valence-electron chi connectivity index (χ4n) is 4.59. The SMILES string of the molecule is [2H]C12CN(c3ccc(F)c(Cl)c3)CCC1NN1CC3(CC3)N(C)C(=O)C12. The zero-order valence-corrected chi connectivity index (χ0v) is 14.9. The van der Waals surface area contributed by atoms with E-state index in [9.17, 15) is 10.6 Å². The van der Waals surface area contributed by atoms with Crippen molar-refractivity contribution in [3.05, 3.63) is 29.0 Å². The number of carbonyl (C=O) groups excluding carboxylic acids is 1. The molecule has 3 atom stereocenters. The van der Waals surface area contributed by atoms with Gasteiger partial charge in [-0.3, -0.25) is 10.2 Å². The van der Waals surface area contributed by atoms with Gasteiger partial charge in [0, 0.05) is 45.7 Å². The van der Waals surface area contributed by atoms with E-state index in [-0.39, 0.29) is 22.5 Å². The number of likely N-dealkylation sites (N-methyl/N-ethyl adjacent to an activating group) is 1. The second-order valence-electron chi connectivity index (χ2n) is 7.72. The number of carbonyl (C=O) groups is 1. The van der Waals surface area contributed by atoms with Gasteiger partial charge in [-0.15, -0.1) is 0 Å². The predicted octanol–water partition coefficient (Wildman–Crippen LogP) is 1.87. The number of benzene rings is 1. The molecule has 1 aliphatic carbocycles. The van der Waals surface area contributed by atoms with E-state index in [1.807, 2.05) is 17.0 Å². The van der Waals surface area contributed by atoms with Crippen LogP contribution in [0.25, 0.3) is 0 Å². The van der Waals surface area contributed by atoms with Crippen LogP contribution in [0.3, 0.4) is 0 Å². The largest absolute Gasteiger partial charge is 0.371 e. The molecule has 4 fully saturated rings. The number of rotatable bonds is 1. The first-order chi connectivity index (χ1) is 12.3. The molecular weight excluding hydrogens is 343 g/mol. The smallest absolute Gasteiger partial charge is 0.242 e. The Balaban J connectivity index is 1.45. The lowest BCUT2D eigenvalue weighted by Crippen LogP contribution is -2.63. The van der Waals surface area contributed by atoms with Crippen LogP contribution in [0.5, 0.6) is 0 Å². The van der Waals surface area contributed by atoms with Gasteiger partial charge in [-0.05, 0) is 37.5 Å². The van der Waals surface area contributed by atoms with Crippen molar-refractivity contribution in [3.63, 3.8) is 0 Å². The highest BCUT2D eigenvalue weighted by Gasteiger charge is 2.60. The maximum atomic E-state index is 13.5. The molecule has 1 saturated carbocycles. The molecule has 0 aromatic heterocycles. The number of hydrogen-bond donors (Lipinski definition) is 1. The van der Waals surface area contributed by atoms with Gasteiger partial charge in [-0.2, -0.15) is 0 Å². The van der Waals surface area contributed by atoms with Crippen LogP contribution in [-0.4, -0.2) is 60.1 Å². The molecule has 3 heterocycles. The second kappa shape index (κ2) is 5.32. The van der Waals surface area contributed by atoms with Crippen LogP contribution in [-0.2, 0) is 4.79 Å². The van der Waals surface area contributed by atoms with Crippen molar-refractivity contribution in [2.45, 2.75) is 36.9 Å². The number of amides is 1. The Morgan fingerprint density at radius 2 is 2.24 bits per heavy atom. The number of anilines is 1. The molecule has 0 radical (unpaired) electrons. The first-order valence-corrected chi connectivity index (χ1v) is 9.22. The average Bonchev–Trinajstić information content (AvgIpc) is 3.31. The van der Waals surface area contributed by atoms with Crippen molar-refractivity contribution in [1.29, 1.82) is 0 Å². The summed E-state index contributed by atoms with van der Waals surface area (Å²) in [5.41, 5.74) is 4.23. The Kier molecular flexibility index (Phi) is 3.14. The molecular formula is C18H22ClFN4O. The number of piperazine rings is 1. The zero-order valence-electron chi connectivity index (χ0n) is 15.1. The number of hydrazine groups is 1. The predicted molar refractivity (Wildman–Crippen MR) is 93.9 cm³/mol. The Labute approximate surface area is 153 Å². The fourth-order valence-corrected chi connectivity index (χ4v) is 4.76. The normalized spacial score (nSPS) is 37.1. The Morgan fingerprint density at radius 3 is 2.96 bits per heavy atom. The van der Waals surface area contributed by atoms with Crippen molar-refractivity contribution in [2.24, 2.45) is 5.89 Å². The molecule has 25 heavy (non-hydrogen) atoms. The highest BCUT2D eigenvalue weighted by Crippen LogP contribution is 2.47. The quantitative estimate of drug-likeness (QED) is 0.824. The number of fused-ring (bicyclic) bond motifs is 3. The van der Waals surface area contributed by atoms with Gasteiger partial charge in [0.25, 0.3) is 0 Å². The summed E-state index contributed by atoms with van der Waals surface area (Å²) in [7, 11) is 1.88. The summed E-state index contributed by atoms with van der Waals surface area (Å²) in [6, 6.07) is 4.12. The van der Waals surface area contributed by atoms with Crippen LogP contribution in [0.2, 0.25) is 5.02 Å². The summed E-state index contributed by atoms with van der Waals surface area (Å²) in [6.07, 6.45) is 2.83. The standard InChI is InChI=1S/C18H22ClFN4O/c1-22-17(25)16-12-9-23(11-2-3-14(20)13(19)8-11)7-4-15(12)21-24(16)10-18(22)5-6-18/h2-3,8,12,15-16,21H,4-7,9-10H2,1H3/i12D. The minimum Gasteiger partial charge on any atom is -0.371 e. The molecule has 3 unspecified atom stereocenters. The molecule has 1 spiro atoms. The van der Waals surface area contributed by atoms with Crippen molar-refractivity contribution >= 4 is 23.2 Å². The summed E-state index contributed by atoms with van der Waals surface area (Å²) in [4.78, 5) is 17.0. The van der Waals surface area contributed by atoms with Gasteiger partial charge in [0.05, 0.1) is 10.6 Å². The van der Waals surface area contributed by atoms with Gasteiger partial charge in [0.2, 0.25) is 5.91 Å². The first kappa shape index (κ1) is 14.8. The highest BCUT2D eigenvalue weighted by atomic mass is 35.5. The molecule has 7 heteroatoms. The van der Waals surface area contributed by atoms with E-state index in [4.69, 9.17) is 11.6 Å². The van der Waals surface area contributed by atoms with E-state index >= 15 is 0 Å². The number of halogens is 2. The number of nitrogens with zero attached hydrogens (tertiary/aromatic N) is 3. The Morgan fingerprint density at radius 1 is 1.44 bits per heavy atom. The third-order valence-corrected chi connectivity index (χ3v) is 6.62. The second-order valence-corrected chi connectivity index (χ2v) is 8.12. The Bertz CT molecular complexity index is 790. The van der Waals surface area contributed by atoms with Gasteiger partial charge in [0.1, 0.15) is 11.9 Å². The van der Waals surface area contributed by atoms with E-state index < -0.39 is 17.8 Å². The number of nitrogens with one attached hydrogen (secondary N) is 1. The van der Waals surface area contributed by atoms with Crippen LogP contribution in [0.4, 0.5) is 10.1 Å². The van der Waals surface area contributed by atoms with Gasteiger partial charge in [-0.25, -0.2) is 9.40 Å². The van der Waals surface area contributed by atoms with Crippen LogP contribution < -0.4 is 10.3 Å². The molecule has 134 valence electrons. The molecule has 1 N–H and O–H groups in total. The summed E-state index contributed by atoms with van der Waals surface area (Å²) < 4.78 is 22.7. The molecule has 4 aliphatic rings. The molecule has 1 aromatic rings. The minimum absolute atomic E-state index is 0.0331. The van der Waals surface area contributed by atoms with Crippen LogP contribution >= 0.6 is 11.6 Å². The fraction of sp³-hybridized carbons (Fsp3) is 0.611. The van der Waals surface area contributed by atoms with E-state index in [1.165, 1.54) is 6.07 Å². The molecule has 3 aliphatic heterocycles. The summed E-state index contributed by atoms with van der Waals surface area (Å²) in [6.45, 7) is 1.95. The molecule has 3 saturated heterocycles. The van der Waals surface area contributed by atoms with E-state index in [0.29, 0.717) is 6.54 Å². The monoisotopic (exact) mass is 365 g/mol. The van der Waals surface area contributed by atoms with Crippen molar-refractivity contribution in [1.82, 2.24) is 15.3 Å². The van der Waals surface area contributed by atoms with Gasteiger partial charge in [0.15, 0.2) is 0 Å².